The van der Waals surface area contributed by atoms with Gasteiger partial charge in [0, 0.05) is 32.5 Å². The number of carbonyl (C=O) groups excluding carboxylic acids is 1. The molecule has 0 aromatic carbocycles. The molecule has 0 bridgehead atoms. The highest BCUT2D eigenvalue weighted by Gasteiger charge is 2.68. The summed E-state index contributed by atoms with van der Waals surface area (Å²) in [5.74, 6) is 1.11. The van der Waals surface area contributed by atoms with Crippen LogP contribution in [0.1, 0.15) is 26.2 Å². The molecule has 0 aromatic rings. The van der Waals surface area contributed by atoms with Gasteiger partial charge in [0.25, 0.3) is 0 Å². The van der Waals surface area contributed by atoms with Crippen LogP contribution in [-0.4, -0.2) is 37.4 Å². The zero-order valence-corrected chi connectivity index (χ0v) is 9.75. The summed E-state index contributed by atoms with van der Waals surface area (Å²) < 4.78 is 5.77. The molecule has 2 unspecified atom stereocenters. The molecule has 0 radical (unpaired) electrons. The molecule has 0 saturated heterocycles. The Bertz CT molecular complexity index is 255. The lowest BCUT2D eigenvalue weighted by molar-refractivity contribution is -0.00675. The number of carbonyl (C=O) groups is 1. The molecule has 0 aliphatic heterocycles. The predicted molar refractivity (Wildman–Crippen MR) is 57.4 cm³/mol. The van der Waals surface area contributed by atoms with Gasteiger partial charge < -0.3 is 15.0 Å². The molecule has 1 N–H and O–H groups in total. The van der Waals surface area contributed by atoms with Crippen molar-refractivity contribution in [3.8, 4) is 0 Å². The maximum atomic E-state index is 11.6. The first-order valence-corrected chi connectivity index (χ1v) is 5.75. The van der Waals surface area contributed by atoms with Crippen LogP contribution < -0.4 is 5.32 Å². The van der Waals surface area contributed by atoms with Gasteiger partial charge in [-0.25, -0.2) is 4.79 Å². The van der Waals surface area contributed by atoms with Gasteiger partial charge in [-0.3, -0.25) is 0 Å². The molecule has 15 heavy (non-hydrogen) atoms. The van der Waals surface area contributed by atoms with Crippen LogP contribution in [0, 0.1) is 11.8 Å². The lowest BCUT2D eigenvalue weighted by Gasteiger charge is -2.24. The van der Waals surface area contributed by atoms with E-state index in [1.54, 1.807) is 19.0 Å². The van der Waals surface area contributed by atoms with Crippen LogP contribution in [0.3, 0.4) is 0 Å². The van der Waals surface area contributed by atoms with Gasteiger partial charge in [-0.2, -0.15) is 0 Å². The predicted octanol–water partition coefficient (Wildman–Crippen LogP) is 1.42. The Labute approximate surface area is 91.0 Å². The molecule has 0 aromatic heterocycles. The van der Waals surface area contributed by atoms with E-state index >= 15 is 0 Å². The maximum Gasteiger partial charge on any atom is 0.319 e. The first-order chi connectivity index (χ1) is 7.12. The first kappa shape index (κ1) is 10.7. The highest BCUT2D eigenvalue weighted by molar-refractivity contribution is 5.75. The third-order valence-electron chi connectivity index (χ3n) is 3.60. The van der Waals surface area contributed by atoms with Crippen molar-refractivity contribution in [1.82, 2.24) is 10.2 Å². The smallest absolute Gasteiger partial charge is 0.319 e. The maximum absolute atomic E-state index is 11.6. The van der Waals surface area contributed by atoms with Crippen molar-refractivity contribution < 1.29 is 9.53 Å². The SMILES string of the molecule is CCOC1(NC(=O)N(C)C)C2CCCC21. The van der Waals surface area contributed by atoms with Crippen molar-refractivity contribution in [2.45, 2.75) is 31.9 Å². The Hall–Kier alpha value is -0.770. The zero-order valence-electron chi connectivity index (χ0n) is 9.75. The van der Waals surface area contributed by atoms with E-state index in [0.29, 0.717) is 18.4 Å². The van der Waals surface area contributed by atoms with Gasteiger partial charge in [0.05, 0.1) is 0 Å². The van der Waals surface area contributed by atoms with E-state index in [1.165, 1.54) is 19.3 Å². The lowest BCUT2D eigenvalue weighted by Crippen LogP contribution is -2.47. The second-order valence-corrected chi connectivity index (χ2v) is 4.69. The van der Waals surface area contributed by atoms with Gasteiger partial charge in [-0.05, 0) is 19.8 Å². The molecular formula is C11H20N2O2. The van der Waals surface area contributed by atoms with Crippen LogP contribution in [0.2, 0.25) is 0 Å². The molecule has 0 spiro atoms. The van der Waals surface area contributed by atoms with Crippen molar-refractivity contribution in [1.29, 1.82) is 0 Å². The van der Waals surface area contributed by atoms with Crippen LogP contribution in [0.25, 0.3) is 0 Å². The van der Waals surface area contributed by atoms with Crippen molar-refractivity contribution in [2.75, 3.05) is 20.7 Å². The number of fused-ring (bicyclic) bond motifs is 1. The fourth-order valence-corrected chi connectivity index (χ4v) is 2.85. The lowest BCUT2D eigenvalue weighted by atomic mass is 10.2. The fourth-order valence-electron chi connectivity index (χ4n) is 2.85. The van der Waals surface area contributed by atoms with Crippen LogP contribution in [-0.2, 0) is 4.74 Å². The molecule has 2 aliphatic rings. The van der Waals surface area contributed by atoms with E-state index in [2.05, 4.69) is 5.32 Å². The summed E-state index contributed by atoms with van der Waals surface area (Å²) >= 11 is 0. The van der Waals surface area contributed by atoms with Crippen molar-refractivity contribution in [3.63, 3.8) is 0 Å². The Morgan fingerprint density at radius 2 is 2.07 bits per heavy atom. The van der Waals surface area contributed by atoms with Gasteiger partial charge >= 0.3 is 6.03 Å². The van der Waals surface area contributed by atoms with Gasteiger partial charge in [0.15, 0.2) is 0 Å². The van der Waals surface area contributed by atoms with E-state index in [-0.39, 0.29) is 11.8 Å². The number of nitrogens with zero attached hydrogens (tertiary/aromatic N) is 1. The highest BCUT2D eigenvalue weighted by Crippen LogP contribution is 2.61. The number of hydrogen-bond acceptors (Lipinski definition) is 2. The van der Waals surface area contributed by atoms with E-state index in [1.807, 2.05) is 6.92 Å². The molecule has 2 saturated carbocycles. The Balaban J connectivity index is 2.00. The number of nitrogens with one attached hydrogen (secondary N) is 1. The van der Waals surface area contributed by atoms with E-state index in [9.17, 15) is 4.79 Å². The van der Waals surface area contributed by atoms with Gasteiger partial charge in [0.1, 0.15) is 5.72 Å². The average Bonchev–Trinajstić information content (AvgIpc) is 2.62. The largest absolute Gasteiger partial charge is 0.355 e. The number of urea groups is 1. The number of ether oxygens (including phenoxy) is 1. The third-order valence-corrected chi connectivity index (χ3v) is 3.60. The second-order valence-electron chi connectivity index (χ2n) is 4.69. The molecular weight excluding hydrogens is 192 g/mol. The first-order valence-electron chi connectivity index (χ1n) is 5.75. The molecule has 4 nitrogen and oxygen atoms in total. The summed E-state index contributed by atoms with van der Waals surface area (Å²) in [6.45, 7) is 2.65. The van der Waals surface area contributed by atoms with E-state index in [4.69, 9.17) is 4.74 Å². The van der Waals surface area contributed by atoms with Crippen molar-refractivity contribution in [2.24, 2.45) is 11.8 Å². The standard InChI is InChI=1S/C11H20N2O2/c1-4-15-11(12-10(14)13(2)3)8-6-5-7-9(8)11/h8-9H,4-7H2,1-3H3,(H,12,14). The normalized spacial score (nSPS) is 37.3. The van der Waals surface area contributed by atoms with Crippen molar-refractivity contribution in [3.05, 3.63) is 0 Å². The molecule has 2 atom stereocenters. The van der Waals surface area contributed by atoms with Crippen LogP contribution in [0.4, 0.5) is 4.79 Å². The number of rotatable bonds is 3. The fraction of sp³-hybridized carbons (Fsp3) is 0.909. The van der Waals surface area contributed by atoms with E-state index in [0.717, 1.165) is 0 Å². The quantitative estimate of drug-likeness (QED) is 0.719. The minimum atomic E-state index is -0.325. The minimum absolute atomic E-state index is 0.0437. The van der Waals surface area contributed by atoms with Crippen LogP contribution >= 0.6 is 0 Å². The third kappa shape index (κ3) is 1.61. The minimum Gasteiger partial charge on any atom is -0.355 e. The number of hydrogen-bond donors (Lipinski definition) is 1. The molecule has 2 aliphatic carbocycles. The summed E-state index contributed by atoms with van der Waals surface area (Å²) in [6, 6.07) is -0.0437. The summed E-state index contributed by atoms with van der Waals surface area (Å²) in [5, 5.41) is 3.03. The summed E-state index contributed by atoms with van der Waals surface area (Å²) in [4.78, 5) is 13.2. The summed E-state index contributed by atoms with van der Waals surface area (Å²) in [7, 11) is 3.51. The van der Waals surface area contributed by atoms with Crippen LogP contribution in [0.15, 0.2) is 0 Å². The molecule has 4 heteroatoms. The zero-order chi connectivity index (χ0) is 11.1. The Morgan fingerprint density at radius 3 is 2.53 bits per heavy atom. The van der Waals surface area contributed by atoms with Gasteiger partial charge in [-0.1, -0.05) is 6.42 Å². The van der Waals surface area contributed by atoms with Gasteiger partial charge in [-0.15, -0.1) is 0 Å². The summed E-state index contributed by atoms with van der Waals surface area (Å²) in [5.41, 5.74) is -0.325. The second kappa shape index (κ2) is 3.67. The van der Waals surface area contributed by atoms with Gasteiger partial charge in [0.2, 0.25) is 0 Å². The molecule has 0 heterocycles. The van der Waals surface area contributed by atoms with Crippen molar-refractivity contribution >= 4 is 6.03 Å². The Kier molecular flexibility index (Phi) is 2.63. The molecule has 2 rings (SSSR count). The molecule has 86 valence electrons. The molecule has 2 fully saturated rings. The highest BCUT2D eigenvalue weighted by atomic mass is 16.5. The van der Waals surface area contributed by atoms with Crippen LogP contribution in [0.5, 0.6) is 0 Å². The Morgan fingerprint density at radius 1 is 1.47 bits per heavy atom. The average molecular weight is 212 g/mol. The summed E-state index contributed by atoms with van der Waals surface area (Å²) in [6.07, 6.45) is 3.67. The molecule has 2 amide bonds. The number of amides is 2. The monoisotopic (exact) mass is 212 g/mol. The van der Waals surface area contributed by atoms with E-state index < -0.39 is 0 Å². The topological polar surface area (TPSA) is 41.6 Å².